The highest BCUT2D eigenvalue weighted by Crippen LogP contribution is 2.19. The zero-order valence-electron chi connectivity index (χ0n) is 10.00. The van der Waals surface area contributed by atoms with Crippen LogP contribution >= 0.6 is 0 Å². The number of hydrogen-bond acceptors (Lipinski definition) is 4. The summed E-state index contributed by atoms with van der Waals surface area (Å²) in [7, 11) is 0. The normalized spacial score (nSPS) is 9.61. The first-order chi connectivity index (χ1) is 8.61. The zero-order chi connectivity index (χ0) is 13.5. The van der Waals surface area contributed by atoms with Crippen LogP contribution in [0.3, 0.4) is 0 Å². The van der Waals surface area contributed by atoms with E-state index in [4.69, 9.17) is 9.84 Å². The summed E-state index contributed by atoms with van der Waals surface area (Å²) in [4.78, 5) is 27.7. The molecule has 96 valence electrons. The molecule has 1 N–H and O–H groups in total. The van der Waals surface area contributed by atoms with Crippen molar-refractivity contribution >= 4 is 17.7 Å². The van der Waals surface area contributed by atoms with Crippen LogP contribution in [0.15, 0.2) is 31.0 Å². The number of rotatable bonds is 5. The lowest BCUT2D eigenvalue weighted by atomic mass is 10.2. The lowest BCUT2D eigenvalue weighted by Crippen LogP contribution is -2.33. The SMILES string of the molecule is C=CCOC(=O)N(CC)c1cccnc1C(=O)O. The van der Waals surface area contributed by atoms with Gasteiger partial charge in [0.05, 0.1) is 5.69 Å². The second-order valence-electron chi connectivity index (χ2n) is 3.29. The molecule has 18 heavy (non-hydrogen) atoms. The fraction of sp³-hybridized carbons (Fsp3) is 0.250. The first kappa shape index (κ1) is 13.7. The van der Waals surface area contributed by atoms with Crippen molar-refractivity contribution in [2.45, 2.75) is 6.92 Å². The van der Waals surface area contributed by atoms with Gasteiger partial charge in [-0.05, 0) is 19.1 Å². The van der Waals surface area contributed by atoms with Crippen LogP contribution in [-0.2, 0) is 4.74 Å². The van der Waals surface area contributed by atoms with E-state index in [-0.39, 0.29) is 24.5 Å². The number of nitrogens with zero attached hydrogens (tertiary/aromatic N) is 2. The molecule has 0 radical (unpaired) electrons. The Bertz CT molecular complexity index is 459. The van der Waals surface area contributed by atoms with Gasteiger partial charge in [-0.3, -0.25) is 4.90 Å². The zero-order valence-corrected chi connectivity index (χ0v) is 10.00. The molecule has 1 aromatic heterocycles. The Morgan fingerprint density at radius 1 is 1.61 bits per heavy atom. The fourth-order valence-corrected chi connectivity index (χ4v) is 1.39. The highest BCUT2D eigenvalue weighted by molar-refractivity contribution is 5.98. The Hall–Kier alpha value is -2.37. The Labute approximate surface area is 105 Å². The maximum Gasteiger partial charge on any atom is 0.414 e. The lowest BCUT2D eigenvalue weighted by molar-refractivity contribution is 0.0691. The quantitative estimate of drug-likeness (QED) is 0.807. The van der Waals surface area contributed by atoms with Crippen LogP contribution in [0.2, 0.25) is 0 Å². The van der Waals surface area contributed by atoms with E-state index in [1.54, 1.807) is 13.0 Å². The van der Waals surface area contributed by atoms with Gasteiger partial charge >= 0.3 is 12.1 Å². The van der Waals surface area contributed by atoms with Gasteiger partial charge in [-0.15, -0.1) is 0 Å². The number of carboxylic acid groups (broad SMARTS) is 1. The summed E-state index contributed by atoms with van der Waals surface area (Å²) in [6.07, 6.45) is 2.16. The molecular formula is C12H14N2O4. The molecule has 0 aromatic carbocycles. The summed E-state index contributed by atoms with van der Waals surface area (Å²) < 4.78 is 4.88. The second-order valence-corrected chi connectivity index (χ2v) is 3.29. The van der Waals surface area contributed by atoms with E-state index in [1.165, 1.54) is 23.2 Å². The maximum absolute atomic E-state index is 11.7. The fourth-order valence-electron chi connectivity index (χ4n) is 1.39. The third kappa shape index (κ3) is 3.07. The van der Waals surface area contributed by atoms with Gasteiger partial charge in [-0.25, -0.2) is 14.6 Å². The largest absolute Gasteiger partial charge is 0.476 e. The van der Waals surface area contributed by atoms with E-state index in [1.807, 2.05) is 0 Å². The number of ether oxygens (including phenoxy) is 1. The average molecular weight is 250 g/mol. The second kappa shape index (κ2) is 6.39. The van der Waals surface area contributed by atoms with Crippen LogP contribution in [0.4, 0.5) is 10.5 Å². The molecule has 1 aromatic rings. The van der Waals surface area contributed by atoms with Crippen molar-refractivity contribution in [2.75, 3.05) is 18.1 Å². The number of hydrogen-bond donors (Lipinski definition) is 1. The molecule has 1 amide bonds. The number of carbonyl (C=O) groups excluding carboxylic acids is 1. The van der Waals surface area contributed by atoms with E-state index in [2.05, 4.69) is 11.6 Å². The molecule has 0 spiro atoms. The molecule has 0 aliphatic rings. The van der Waals surface area contributed by atoms with Crippen molar-refractivity contribution < 1.29 is 19.4 Å². The number of pyridine rings is 1. The highest BCUT2D eigenvalue weighted by Gasteiger charge is 2.21. The minimum Gasteiger partial charge on any atom is -0.476 e. The summed E-state index contributed by atoms with van der Waals surface area (Å²) in [5, 5.41) is 9.01. The van der Waals surface area contributed by atoms with Gasteiger partial charge in [0, 0.05) is 12.7 Å². The monoisotopic (exact) mass is 250 g/mol. The summed E-state index contributed by atoms with van der Waals surface area (Å²) in [6, 6.07) is 3.07. The van der Waals surface area contributed by atoms with Gasteiger partial charge in [0.15, 0.2) is 5.69 Å². The summed E-state index contributed by atoms with van der Waals surface area (Å²) in [5.74, 6) is -1.19. The lowest BCUT2D eigenvalue weighted by Gasteiger charge is -2.20. The number of carbonyl (C=O) groups is 2. The molecule has 0 unspecified atom stereocenters. The molecule has 1 heterocycles. The number of aromatic carboxylic acids is 1. The topological polar surface area (TPSA) is 79.7 Å². The average Bonchev–Trinajstić information content (AvgIpc) is 2.37. The molecule has 6 heteroatoms. The van der Waals surface area contributed by atoms with E-state index in [0.717, 1.165) is 0 Å². The van der Waals surface area contributed by atoms with E-state index >= 15 is 0 Å². The summed E-state index contributed by atoms with van der Waals surface area (Å²) in [5.41, 5.74) is 0.0245. The summed E-state index contributed by atoms with van der Waals surface area (Å²) >= 11 is 0. The van der Waals surface area contributed by atoms with Gasteiger partial charge in [0.2, 0.25) is 0 Å². The van der Waals surface area contributed by atoms with E-state index in [9.17, 15) is 9.59 Å². The van der Waals surface area contributed by atoms with Crippen LogP contribution in [0.5, 0.6) is 0 Å². The molecular weight excluding hydrogens is 236 g/mol. The predicted molar refractivity (Wildman–Crippen MR) is 65.8 cm³/mol. The molecule has 0 aliphatic carbocycles. The van der Waals surface area contributed by atoms with Crippen LogP contribution in [-0.4, -0.2) is 35.3 Å². The van der Waals surface area contributed by atoms with Crippen molar-refractivity contribution in [3.8, 4) is 0 Å². The smallest absolute Gasteiger partial charge is 0.414 e. The summed E-state index contributed by atoms with van der Waals surface area (Å²) in [6.45, 7) is 5.50. The standard InChI is InChI=1S/C12H14N2O4/c1-3-8-18-12(17)14(4-2)9-6-5-7-13-10(9)11(15)16/h3,5-7H,1,4,8H2,2H3,(H,15,16). The minimum absolute atomic E-state index is 0.0675. The molecule has 1 rings (SSSR count). The third-order valence-corrected chi connectivity index (χ3v) is 2.14. The first-order valence-corrected chi connectivity index (χ1v) is 5.35. The number of carboxylic acids is 1. The van der Waals surface area contributed by atoms with Crippen molar-refractivity contribution in [2.24, 2.45) is 0 Å². The molecule has 0 bridgehead atoms. The predicted octanol–water partition coefficient (Wildman–Crippen LogP) is 1.93. The molecule has 0 saturated heterocycles. The Balaban J connectivity index is 3.05. The maximum atomic E-state index is 11.7. The van der Waals surface area contributed by atoms with Crippen LogP contribution in [0.1, 0.15) is 17.4 Å². The van der Waals surface area contributed by atoms with Crippen LogP contribution in [0, 0.1) is 0 Å². The van der Waals surface area contributed by atoms with Gasteiger partial charge in [0.1, 0.15) is 6.61 Å². The van der Waals surface area contributed by atoms with Crippen molar-refractivity contribution in [3.05, 3.63) is 36.7 Å². The first-order valence-electron chi connectivity index (χ1n) is 5.35. The molecule has 6 nitrogen and oxygen atoms in total. The number of amides is 1. The molecule has 0 saturated carbocycles. The molecule has 0 atom stereocenters. The van der Waals surface area contributed by atoms with Gasteiger partial charge in [0.25, 0.3) is 0 Å². The molecule has 0 fully saturated rings. The van der Waals surface area contributed by atoms with Crippen LogP contribution < -0.4 is 4.90 Å². The van der Waals surface area contributed by atoms with Crippen LogP contribution in [0.25, 0.3) is 0 Å². The molecule has 0 aliphatic heterocycles. The minimum atomic E-state index is -1.19. The van der Waals surface area contributed by atoms with Crippen molar-refractivity contribution in [1.29, 1.82) is 0 Å². The number of anilines is 1. The Morgan fingerprint density at radius 2 is 2.33 bits per heavy atom. The third-order valence-electron chi connectivity index (χ3n) is 2.14. The Kier molecular flexibility index (Phi) is 4.86. The van der Waals surface area contributed by atoms with Gasteiger partial charge in [-0.2, -0.15) is 0 Å². The van der Waals surface area contributed by atoms with Gasteiger partial charge in [-0.1, -0.05) is 12.7 Å². The van der Waals surface area contributed by atoms with Crippen molar-refractivity contribution in [3.63, 3.8) is 0 Å². The van der Waals surface area contributed by atoms with E-state index in [0.29, 0.717) is 0 Å². The van der Waals surface area contributed by atoms with E-state index < -0.39 is 12.1 Å². The Morgan fingerprint density at radius 3 is 2.89 bits per heavy atom. The number of aromatic nitrogens is 1. The van der Waals surface area contributed by atoms with Crippen molar-refractivity contribution in [1.82, 2.24) is 4.98 Å². The van der Waals surface area contributed by atoms with Gasteiger partial charge < -0.3 is 9.84 Å². The highest BCUT2D eigenvalue weighted by atomic mass is 16.6.